The Morgan fingerprint density at radius 2 is 1.93 bits per heavy atom. The summed E-state index contributed by atoms with van der Waals surface area (Å²) in [7, 11) is -3.60. The molecule has 1 aliphatic rings. The third kappa shape index (κ3) is 4.42. The van der Waals surface area contributed by atoms with E-state index in [0.29, 0.717) is 24.2 Å². The van der Waals surface area contributed by atoms with Crippen molar-refractivity contribution in [2.24, 2.45) is 0 Å². The predicted octanol–water partition coefficient (Wildman–Crippen LogP) is 3.89. The lowest BCUT2D eigenvalue weighted by Gasteiger charge is -2.30. The van der Waals surface area contributed by atoms with Gasteiger partial charge in [-0.2, -0.15) is 0 Å². The third-order valence-electron chi connectivity index (χ3n) is 4.89. The number of carbonyl (C=O) groups excluding carboxylic acids is 1. The van der Waals surface area contributed by atoms with Crippen LogP contribution < -0.4 is 9.62 Å². The van der Waals surface area contributed by atoms with Gasteiger partial charge >= 0.3 is 0 Å². The number of hydrogen-bond donors (Lipinski definition) is 1. The van der Waals surface area contributed by atoms with E-state index in [0.717, 1.165) is 24.8 Å². The van der Waals surface area contributed by atoms with E-state index in [1.165, 1.54) is 30.3 Å². The van der Waals surface area contributed by atoms with Crippen LogP contribution in [0.2, 0.25) is 0 Å². The number of carbonyl (C=O) groups is 1. The molecule has 28 heavy (non-hydrogen) atoms. The molecule has 1 amide bonds. The van der Waals surface area contributed by atoms with Crippen LogP contribution >= 0.6 is 0 Å². The van der Waals surface area contributed by atoms with E-state index in [1.807, 2.05) is 13.8 Å². The minimum absolute atomic E-state index is 0.136. The molecule has 0 bridgehead atoms. The van der Waals surface area contributed by atoms with Crippen LogP contribution in [0, 0.1) is 5.82 Å². The molecule has 2 aromatic rings. The van der Waals surface area contributed by atoms with E-state index in [4.69, 9.17) is 0 Å². The molecule has 5 nitrogen and oxygen atoms in total. The van der Waals surface area contributed by atoms with Crippen molar-refractivity contribution >= 4 is 21.6 Å². The molecular formula is C21H25FN2O3S. The summed E-state index contributed by atoms with van der Waals surface area (Å²) in [4.78, 5) is 14.7. The first kappa shape index (κ1) is 20.5. The first-order chi connectivity index (χ1) is 13.3. The SMILES string of the molecule is CCCC(C)NS(=O)(=O)c1ccc2c(c1)CCCN2C(=O)c1ccc(F)cc1. The topological polar surface area (TPSA) is 66.5 Å². The van der Waals surface area contributed by atoms with Gasteiger partial charge in [-0.25, -0.2) is 17.5 Å². The molecule has 1 aliphatic heterocycles. The Morgan fingerprint density at radius 1 is 1.21 bits per heavy atom. The van der Waals surface area contributed by atoms with Gasteiger partial charge in [0.2, 0.25) is 10.0 Å². The number of fused-ring (bicyclic) bond motifs is 1. The van der Waals surface area contributed by atoms with Crippen molar-refractivity contribution < 1.29 is 17.6 Å². The second-order valence-electron chi connectivity index (χ2n) is 7.17. The maximum atomic E-state index is 13.1. The van der Waals surface area contributed by atoms with Crippen molar-refractivity contribution in [2.75, 3.05) is 11.4 Å². The van der Waals surface area contributed by atoms with Gasteiger partial charge in [0.25, 0.3) is 5.91 Å². The lowest BCUT2D eigenvalue weighted by molar-refractivity contribution is 0.0985. The Hall–Kier alpha value is -2.25. The number of anilines is 1. The first-order valence-electron chi connectivity index (χ1n) is 9.54. The second-order valence-corrected chi connectivity index (χ2v) is 8.88. The van der Waals surface area contributed by atoms with E-state index in [9.17, 15) is 17.6 Å². The maximum Gasteiger partial charge on any atom is 0.258 e. The molecular weight excluding hydrogens is 379 g/mol. The zero-order chi connectivity index (χ0) is 20.3. The minimum atomic E-state index is -3.60. The lowest BCUT2D eigenvalue weighted by Crippen LogP contribution is -2.36. The molecule has 0 saturated heterocycles. The smallest absolute Gasteiger partial charge is 0.258 e. The number of nitrogens with one attached hydrogen (secondary N) is 1. The highest BCUT2D eigenvalue weighted by Crippen LogP contribution is 2.30. The van der Waals surface area contributed by atoms with Crippen molar-refractivity contribution in [1.82, 2.24) is 4.72 Å². The van der Waals surface area contributed by atoms with E-state index in [-0.39, 0.29) is 16.8 Å². The van der Waals surface area contributed by atoms with Crippen molar-refractivity contribution in [3.63, 3.8) is 0 Å². The van der Waals surface area contributed by atoms with Gasteiger partial charge in [-0.3, -0.25) is 4.79 Å². The van der Waals surface area contributed by atoms with Crippen molar-refractivity contribution in [3.05, 3.63) is 59.4 Å². The van der Waals surface area contributed by atoms with E-state index in [1.54, 1.807) is 17.0 Å². The highest BCUT2D eigenvalue weighted by Gasteiger charge is 2.26. The summed E-state index contributed by atoms with van der Waals surface area (Å²) < 4.78 is 41.1. The fourth-order valence-corrected chi connectivity index (χ4v) is 4.85. The van der Waals surface area contributed by atoms with Gasteiger partial charge in [0.15, 0.2) is 0 Å². The van der Waals surface area contributed by atoms with Gasteiger partial charge in [-0.05, 0) is 74.2 Å². The average Bonchev–Trinajstić information content (AvgIpc) is 2.67. The maximum absolute atomic E-state index is 13.1. The third-order valence-corrected chi connectivity index (χ3v) is 6.48. The van der Waals surface area contributed by atoms with Gasteiger partial charge < -0.3 is 4.90 Å². The number of benzene rings is 2. The Morgan fingerprint density at radius 3 is 2.61 bits per heavy atom. The highest BCUT2D eigenvalue weighted by atomic mass is 32.2. The molecule has 0 radical (unpaired) electrons. The van der Waals surface area contributed by atoms with Crippen LogP contribution in [0.1, 0.15) is 49.0 Å². The zero-order valence-corrected chi connectivity index (χ0v) is 16.9. The minimum Gasteiger partial charge on any atom is -0.308 e. The van der Waals surface area contributed by atoms with E-state index >= 15 is 0 Å². The number of rotatable bonds is 6. The Labute approximate surface area is 165 Å². The van der Waals surface area contributed by atoms with Gasteiger partial charge in [-0.1, -0.05) is 13.3 Å². The molecule has 1 N–H and O–H groups in total. The summed E-state index contributed by atoms with van der Waals surface area (Å²) in [5.41, 5.74) is 1.94. The quantitative estimate of drug-likeness (QED) is 0.794. The van der Waals surface area contributed by atoms with Crippen molar-refractivity contribution in [1.29, 1.82) is 0 Å². The number of nitrogens with zero attached hydrogens (tertiary/aromatic N) is 1. The van der Waals surface area contributed by atoms with Crippen molar-refractivity contribution in [3.8, 4) is 0 Å². The van der Waals surface area contributed by atoms with Crippen LogP contribution in [0.15, 0.2) is 47.4 Å². The number of hydrogen-bond acceptors (Lipinski definition) is 3. The summed E-state index contributed by atoms with van der Waals surface area (Å²) in [6, 6.07) is 10.2. The van der Waals surface area contributed by atoms with E-state index in [2.05, 4.69) is 4.72 Å². The Balaban J connectivity index is 1.87. The highest BCUT2D eigenvalue weighted by molar-refractivity contribution is 7.89. The van der Waals surface area contributed by atoms with E-state index < -0.39 is 15.8 Å². The Bertz CT molecular complexity index is 958. The molecule has 2 aromatic carbocycles. The summed E-state index contributed by atoms with van der Waals surface area (Å²) in [5, 5.41) is 0. The largest absolute Gasteiger partial charge is 0.308 e. The standard InChI is InChI=1S/C21H25FN2O3S/c1-3-5-15(2)23-28(26,27)19-11-12-20-17(14-19)6-4-13-24(20)21(25)16-7-9-18(22)10-8-16/h7-12,14-15,23H,3-6,13H2,1-2H3. The van der Waals surface area contributed by atoms with Crippen LogP contribution in [0.5, 0.6) is 0 Å². The fourth-order valence-electron chi connectivity index (χ4n) is 3.52. The molecule has 3 rings (SSSR count). The summed E-state index contributed by atoms with van der Waals surface area (Å²) in [6.45, 7) is 4.40. The molecule has 1 unspecified atom stereocenters. The normalized spacial score (nSPS) is 15.2. The van der Waals surface area contributed by atoms with Gasteiger partial charge in [0.1, 0.15) is 5.82 Å². The van der Waals surface area contributed by atoms with Crippen LogP contribution in [0.25, 0.3) is 0 Å². The zero-order valence-electron chi connectivity index (χ0n) is 16.1. The molecule has 0 spiro atoms. The van der Waals surface area contributed by atoms with Crippen LogP contribution in [-0.4, -0.2) is 26.9 Å². The molecule has 0 aliphatic carbocycles. The first-order valence-corrected chi connectivity index (χ1v) is 11.0. The predicted molar refractivity (Wildman–Crippen MR) is 108 cm³/mol. The molecule has 0 fully saturated rings. The number of amides is 1. The van der Waals surface area contributed by atoms with Gasteiger partial charge in [0.05, 0.1) is 4.90 Å². The molecule has 150 valence electrons. The molecule has 1 atom stereocenters. The number of sulfonamides is 1. The number of aryl methyl sites for hydroxylation is 1. The lowest BCUT2D eigenvalue weighted by atomic mass is 10.0. The summed E-state index contributed by atoms with van der Waals surface area (Å²) in [5.74, 6) is -0.610. The summed E-state index contributed by atoms with van der Waals surface area (Å²) in [6.07, 6.45) is 3.11. The molecule has 0 saturated carbocycles. The monoisotopic (exact) mass is 404 g/mol. The second kappa shape index (κ2) is 8.41. The van der Waals surface area contributed by atoms with Gasteiger partial charge in [0, 0.05) is 23.8 Å². The molecule has 1 heterocycles. The van der Waals surface area contributed by atoms with Gasteiger partial charge in [-0.15, -0.1) is 0 Å². The molecule has 7 heteroatoms. The molecule has 0 aromatic heterocycles. The van der Waals surface area contributed by atoms with Crippen molar-refractivity contribution in [2.45, 2.75) is 50.5 Å². The number of halogens is 1. The fraction of sp³-hybridized carbons (Fsp3) is 0.381. The summed E-state index contributed by atoms with van der Waals surface area (Å²) >= 11 is 0. The van der Waals surface area contributed by atoms with Crippen LogP contribution in [0.4, 0.5) is 10.1 Å². The Kier molecular flexibility index (Phi) is 6.15. The average molecular weight is 405 g/mol. The van der Waals surface area contributed by atoms with Crippen LogP contribution in [-0.2, 0) is 16.4 Å². The van der Waals surface area contributed by atoms with Crippen LogP contribution in [0.3, 0.4) is 0 Å².